The van der Waals surface area contributed by atoms with E-state index in [9.17, 15) is 9.90 Å². The van der Waals surface area contributed by atoms with Gasteiger partial charge in [-0.3, -0.25) is 4.79 Å². The third-order valence-electron chi connectivity index (χ3n) is 3.51. The number of hydrogen-bond donors (Lipinski definition) is 4. The van der Waals surface area contributed by atoms with Crippen LogP contribution in [-0.2, 0) is 0 Å². The zero-order valence-electron chi connectivity index (χ0n) is 13.4. The second kappa shape index (κ2) is 10.2. The predicted molar refractivity (Wildman–Crippen MR) is 88.1 cm³/mol. The molecule has 124 valence electrons. The van der Waals surface area contributed by atoms with Crippen molar-refractivity contribution in [2.45, 2.75) is 20.0 Å². The second-order valence-electron chi connectivity index (χ2n) is 5.08. The number of benzene rings is 1. The van der Waals surface area contributed by atoms with Crippen LogP contribution >= 0.6 is 0 Å². The minimum atomic E-state index is -0.789. The molecule has 0 radical (unpaired) electrons. The predicted octanol–water partition coefficient (Wildman–Crippen LogP) is 0.523. The summed E-state index contributed by atoms with van der Waals surface area (Å²) in [6.07, 6.45) is -0.789. The van der Waals surface area contributed by atoms with Gasteiger partial charge in [0, 0.05) is 30.9 Å². The molecule has 0 heterocycles. The number of rotatable bonds is 10. The molecular weight excluding hydrogens is 282 g/mol. The molecule has 1 aromatic carbocycles. The monoisotopic (exact) mass is 309 g/mol. The maximum absolute atomic E-state index is 12.0. The summed E-state index contributed by atoms with van der Waals surface area (Å²) >= 11 is 0. The lowest BCUT2D eigenvalue weighted by molar-refractivity contribution is 0.0949. The number of hydrogen-bond acceptors (Lipinski definition) is 5. The number of aliphatic hydroxyl groups excluding tert-OH is 2. The van der Waals surface area contributed by atoms with Gasteiger partial charge in [0.05, 0.1) is 12.7 Å². The Morgan fingerprint density at radius 1 is 1.23 bits per heavy atom. The summed E-state index contributed by atoms with van der Waals surface area (Å²) in [6.45, 7) is 7.63. The van der Waals surface area contributed by atoms with E-state index in [1.54, 1.807) is 24.3 Å². The SMILES string of the molecule is CCN(CC)CCNC(=O)c1ccc(NCC(O)CO)cc1. The van der Waals surface area contributed by atoms with Gasteiger partial charge in [-0.05, 0) is 37.4 Å². The second-order valence-corrected chi connectivity index (χ2v) is 5.08. The van der Waals surface area contributed by atoms with E-state index < -0.39 is 6.10 Å². The molecule has 6 nitrogen and oxygen atoms in total. The fourth-order valence-electron chi connectivity index (χ4n) is 2.01. The fourth-order valence-corrected chi connectivity index (χ4v) is 2.01. The van der Waals surface area contributed by atoms with E-state index in [1.807, 2.05) is 0 Å². The van der Waals surface area contributed by atoms with Gasteiger partial charge in [-0.25, -0.2) is 0 Å². The molecule has 1 amide bonds. The van der Waals surface area contributed by atoms with Gasteiger partial charge >= 0.3 is 0 Å². The fraction of sp³-hybridized carbons (Fsp3) is 0.562. The zero-order chi connectivity index (χ0) is 16.4. The molecule has 0 aliphatic carbocycles. The molecule has 0 bridgehead atoms. The lowest BCUT2D eigenvalue weighted by atomic mass is 10.2. The number of nitrogens with one attached hydrogen (secondary N) is 2. The molecule has 1 rings (SSSR count). The van der Waals surface area contributed by atoms with E-state index in [0.717, 1.165) is 25.3 Å². The molecule has 22 heavy (non-hydrogen) atoms. The first-order valence-corrected chi connectivity index (χ1v) is 7.74. The summed E-state index contributed by atoms with van der Waals surface area (Å²) in [5.41, 5.74) is 1.40. The van der Waals surface area contributed by atoms with Crippen molar-refractivity contribution >= 4 is 11.6 Å². The van der Waals surface area contributed by atoms with Crippen molar-refractivity contribution in [1.29, 1.82) is 0 Å². The Hall–Kier alpha value is -1.63. The van der Waals surface area contributed by atoms with Crippen molar-refractivity contribution in [3.8, 4) is 0 Å². The van der Waals surface area contributed by atoms with Crippen LogP contribution in [0.4, 0.5) is 5.69 Å². The topological polar surface area (TPSA) is 84.8 Å². The molecule has 1 atom stereocenters. The summed E-state index contributed by atoms with van der Waals surface area (Å²) in [7, 11) is 0. The van der Waals surface area contributed by atoms with Gasteiger partial charge < -0.3 is 25.7 Å². The first-order chi connectivity index (χ1) is 10.6. The molecule has 6 heteroatoms. The molecular formula is C16H27N3O3. The van der Waals surface area contributed by atoms with Crippen molar-refractivity contribution in [3.05, 3.63) is 29.8 Å². The molecule has 0 spiro atoms. The number of carbonyl (C=O) groups excluding carboxylic acids is 1. The highest BCUT2D eigenvalue weighted by Gasteiger charge is 2.06. The van der Waals surface area contributed by atoms with Crippen molar-refractivity contribution in [1.82, 2.24) is 10.2 Å². The van der Waals surface area contributed by atoms with Crippen LogP contribution in [0, 0.1) is 0 Å². The van der Waals surface area contributed by atoms with E-state index in [1.165, 1.54) is 0 Å². The van der Waals surface area contributed by atoms with Gasteiger partial charge in [0.15, 0.2) is 0 Å². The Morgan fingerprint density at radius 3 is 2.41 bits per heavy atom. The molecule has 0 aromatic heterocycles. The largest absolute Gasteiger partial charge is 0.394 e. The highest BCUT2D eigenvalue weighted by atomic mass is 16.3. The first-order valence-electron chi connectivity index (χ1n) is 7.74. The van der Waals surface area contributed by atoms with Crippen molar-refractivity contribution in [2.24, 2.45) is 0 Å². The number of likely N-dealkylation sites (N-methyl/N-ethyl adjacent to an activating group) is 1. The molecule has 4 N–H and O–H groups in total. The van der Waals surface area contributed by atoms with Crippen LogP contribution < -0.4 is 10.6 Å². The Kier molecular flexibility index (Phi) is 8.50. The Balaban J connectivity index is 2.40. The van der Waals surface area contributed by atoms with Crippen LogP contribution in [0.5, 0.6) is 0 Å². The van der Waals surface area contributed by atoms with Crippen LogP contribution in [0.3, 0.4) is 0 Å². The van der Waals surface area contributed by atoms with Crippen LogP contribution in [-0.4, -0.2) is 66.5 Å². The standard InChI is InChI=1S/C16H27N3O3/c1-3-19(4-2)10-9-17-16(22)13-5-7-14(8-6-13)18-11-15(21)12-20/h5-8,15,18,20-21H,3-4,9-12H2,1-2H3,(H,17,22). The smallest absolute Gasteiger partial charge is 0.251 e. The number of carbonyl (C=O) groups is 1. The van der Waals surface area contributed by atoms with Crippen LogP contribution in [0.15, 0.2) is 24.3 Å². The minimum Gasteiger partial charge on any atom is -0.394 e. The maximum Gasteiger partial charge on any atom is 0.251 e. The van der Waals surface area contributed by atoms with E-state index in [-0.39, 0.29) is 19.1 Å². The summed E-state index contributed by atoms with van der Waals surface area (Å²) in [6, 6.07) is 7.04. The lowest BCUT2D eigenvalue weighted by Gasteiger charge is -2.18. The van der Waals surface area contributed by atoms with E-state index >= 15 is 0 Å². The van der Waals surface area contributed by atoms with Gasteiger partial charge in [0.1, 0.15) is 0 Å². The average molecular weight is 309 g/mol. The molecule has 0 saturated carbocycles. The summed E-state index contributed by atoms with van der Waals surface area (Å²) in [4.78, 5) is 14.3. The van der Waals surface area contributed by atoms with E-state index in [0.29, 0.717) is 12.1 Å². The third-order valence-corrected chi connectivity index (χ3v) is 3.51. The molecule has 0 aliphatic rings. The number of anilines is 1. The van der Waals surface area contributed by atoms with Crippen LogP contribution in [0.1, 0.15) is 24.2 Å². The quantitative estimate of drug-likeness (QED) is 0.506. The summed E-state index contributed by atoms with van der Waals surface area (Å²) < 4.78 is 0. The van der Waals surface area contributed by atoms with Gasteiger partial charge in [0.25, 0.3) is 5.91 Å². The molecule has 1 aromatic rings. The van der Waals surface area contributed by atoms with Crippen LogP contribution in [0.2, 0.25) is 0 Å². The zero-order valence-corrected chi connectivity index (χ0v) is 13.4. The first kappa shape index (κ1) is 18.4. The minimum absolute atomic E-state index is 0.0888. The summed E-state index contributed by atoms with van der Waals surface area (Å²) in [5, 5.41) is 23.9. The number of aliphatic hydroxyl groups is 2. The van der Waals surface area contributed by atoms with Crippen molar-refractivity contribution in [3.63, 3.8) is 0 Å². The highest BCUT2D eigenvalue weighted by molar-refractivity contribution is 5.94. The van der Waals surface area contributed by atoms with Crippen LogP contribution in [0.25, 0.3) is 0 Å². The number of nitrogens with zero attached hydrogens (tertiary/aromatic N) is 1. The molecule has 0 fully saturated rings. The Labute approximate surface area is 132 Å². The number of amides is 1. The molecule has 1 unspecified atom stereocenters. The maximum atomic E-state index is 12.0. The molecule has 0 saturated heterocycles. The molecule has 0 aliphatic heterocycles. The van der Waals surface area contributed by atoms with Crippen molar-refractivity contribution in [2.75, 3.05) is 44.6 Å². The van der Waals surface area contributed by atoms with Gasteiger partial charge in [-0.15, -0.1) is 0 Å². The lowest BCUT2D eigenvalue weighted by Crippen LogP contribution is -2.34. The Bertz CT molecular complexity index is 433. The van der Waals surface area contributed by atoms with E-state index in [4.69, 9.17) is 5.11 Å². The third kappa shape index (κ3) is 6.43. The average Bonchev–Trinajstić information content (AvgIpc) is 2.56. The van der Waals surface area contributed by atoms with E-state index in [2.05, 4.69) is 29.4 Å². The normalized spacial score (nSPS) is 12.2. The highest BCUT2D eigenvalue weighted by Crippen LogP contribution is 2.09. The Morgan fingerprint density at radius 2 is 1.86 bits per heavy atom. The van der Waals surface area contributed by atoms with Gasteiger partial charge in [-0.2, -0.15) is 0 Å². The van der Waals surface area contributed by atoms with Gasteiger partial charge in [0.2, 0.25) is 0 Å². The summed E-state index contributed by atoms with van der Waals surface area (Å²) in [5.74, 6) is -0.0888. The van der Waals surface area contributed by atoms with Gasteiger partial charge in [-0.1, -0.05) is 13.8 Å². The van der Waals surface area contributed by atoms with Crippen molar-refractivity contribution < 1.29 is 15.0 Å².